The summed E-state index contributed by atoms with van der Waals surface area (Å²) in [6.45, 7) is 0. The molecule has 0 saturated heterocycles. The van der Waals surface area contributed by atoms with E-state index in [9.17, 15) is 13.2 Å². The van der Waals surface area contributed by atoms with Crippen molar-refractivity contribution in [3.63, 3.8) is 0 Å². The number of benzene rings is 1. The van der Waals surface area contributed by atoms with E-state index in [2.05, 4.69) is 9.71 Å². The number of aromatic nitrogens is 1. The van der Waals surface area contributed by atoms with Crippen LogP contribution < -0.4 is 9.46 Å². The summed E-state index contributed by atoms with van der Waals surface area (Å²) in [6, 6.07) is 9.62. The minimum absolute atomic E-state index is 0.116. The number of nitrogens with one attached hydrogen (secondary N) is 1. The smallest absolute Gasteiger partial charge is 0.277 e. The van der Waals surface area contributed by atoms with E-state index in [0.29, 0.717) is 16.9 Å². The average Bonchev–Trinajstić information content (AvgIpc) is 2.62. The van der Waals surface area contributed by atoms with Crippen LogP contribution in [0.3, 0.4) is 0 Å². The second-order valence-electron chi connectivity index (χ2n) is 5.08. The van der Waals surface area contributed by atoms with Gasteiger partial charge in [-0.2, -0.15) is 0 Å². The van der Waals surface area contributed by atoms with Gasteiger partial charge in [0.2, 0.25) is 15.9 Å². The Morgan fingerprint density at radius 2 is 1.92 bits per heavy atom. The predicted molar refractivity (Wildman–Crippen MR) is 91.5 cm³/mol. The highest BCUT2D eigenvalue weighted by atomic mass is 32.2. The minimum Gasteiger partial charge on any atom is -0.439 e. The lowest BCUT2D eigenvalue weighted by Gasteiger charge is -2.14. The van der Waals surface area contributed by atoms with Crippen LogP contribution in [0, 0.1) is 0 Å². The van der Waals surface area contributed by atoms with E-state index in [1.54, 1.807) is 30.3 Å². The quantitative estimate of drug-likeness (QED) is 0.748. The van der Waals surface area contributed by atoms with Gasteiger partial charge in [-0.3, -0.25) is 9.63 Å². The van der Waals surface area contributed by atoms with Crippen LogP contribution in [0.1, 0.15) is 15.9 Å². The average molecular weight is 365 g/mol. The molecule has 2 aromatic rings. The van der Waals surface area contributed by atoms with Gasteiger partial charge in [0.1, 0.15) is 5.75 Å². The molecule has 0 unspecified atom stereocenters. The van der Waals surface area contributed by atoms with E-state index in [0.717, 1.165) is 5.06 Å². The van der Waals surface area contributed by atoms with E-state index in [4.69, 9.17) is 9.57 Å². The highest BCUT2D eigenvalue weighted by molar-refractivity contribution is 7.88. The van der Waals surface area contributed by atoms with Crippen molar-refractivity contribution in [2.45, 2.75) is 5.75 Å². The normalized spacial score (nSPS) is 11.2. The largest absolute Gasteiger partial charge is 0.439 e. The summed E-state index contributed by atoms with van der Waals surface area (Å²) in [4.78, 5) is 21.0. The number of hydroxylamine groups is 2. The first-order valence-corrected chi connectivity index (χ1v) is 8.96. The van der Waals surface area contributed by atoms with Crippen molar-refractivity contribution in [2.24, 2.45) is 0 Å². The molecule has 0 aliphatic carbocycles. The van der Waals surface area contributed by atoms with E-state index >= 15 is 0 Å². The molecule has 0 bridgehead atoms. The lowest BCUT2D eigenvalue weighted by atomic mass is 10.2. The summed E-state index contributed by atoms with van der Waals surface area (Å²) in [5, 5.41) is 1.09. The van der Waals surface area contributed by atoms with Crippen molar-refractivity contribution >= 4 is 15.9 Å². The van der Waals surface area contributed by atoms with Gasteiger partial charge >= 0.3 is 0 Å². The topological polar surface area (TPSA) is 97.8 Å². The monoisotopic (exact) mass is 365 g/mol. The molecule has 1 heterocycles. The number of rotatable bonds is 7. The summed E-state index contributed by atoms with van der Waals surface area (Å²) in [5.74, 6) is 0.270. The van der Waals surface area contributed by atoms with Crippen molar-refractivity contribution in [3.05, 3.63) is 53.7 Å². The molecule has 0 radical (unpaired) electrons. The maximum absolute atomic E-state index is 12.0. The molecule has 1 aromatic carbocycles. The van der Waals surface area contributed by atoms with E-state index in [1.165, 1.54) is 33.5 Å². The second-order valence-corrected chi connectivity index (χ2v) is 7.00. The van der Waals surface area contributed by atoms with Crippen LogP contribution >= 0.6 is 0 Å². The van der Waals surface area contributed by atoms with E-state index in [-0.39, 0.29) is 17.5 Å². The summed E-state index contributed by atoms with van der Waals surface area (Å²) in [6.07, 6.45) is 1.46. The molecular formula is C16H19N3O5S. The van der Waals surface area contributed by atoms with Gasteiger partial charge in [-0.1, -0.05) is 12.1 Å². The number of amides is 1. The standard InChI is InChI=1S/C16H19N3O5S/c1-17-25(21,22)11-12-4-6-14(7-5-12)24-15-10-13(8-9-18-15)16(20)19(2)23-3/h4-10,17H,11H2,1-3H3. The maximum Gasteiger partial charge on any atom is 0.277 e. The van der Waals surface area contributed by atoms with Crippen LogP contribution in [-0.2, 0) is 20.6 Å². The summed E-state index contributed by atoms with van der Waals surface area (Å²) in [5.41, 5.74) is 0.992. The third-order valence-electron chi connectivity index (χ3n) is 3.36. The number of sulfonamides is 1. The molecule has 0 spiro atoms. The molecule has 1 aromatic heterocycles. The summed E-state index contributed by atoms with van der Waals surface area (Å²) < 4.78 is 30.9. The van der Waals surface area contributed by atoms with Crippen molar-refractivity contribution in [3.8, 4) is 11.6 Å². The zero-order valence-electron chi connectivity index (χ0n) is 14.1. The van der Waals surface area contributed by atoms with Crippen LogP contribution in [0.15, 0.2) is 42.6 Å². The Bertz CT molecular complexity index is 837. The van der Waals surface area contributed by atoms with Crippen LogP contribution in [0.5, 0.6) is 11.6 Å². The first-order valence-electron chi connectivity index (χ1n) is 7.31. The number of hydrogen-bond acceptors (Lipinski definition) is 6. The van der Waals surface area contributed by atoms with Crippen LogP contribution in [0.4, 0.5) is 0 Å². The number of carbonyl (C=O) groups is 1. The van der Waals surface area contributed by atoms with Crippen LogP contribution in [0.25, 0.3) is 0 Å². The van der Waals surface area contributed by atoms with E-state index in [1.807, 2.05) is 0 Å². The molecule has 0 aliphatic rings. The van der Waals surface area contributed by atoms with E-state index < -0.39 is 10.0 Å². The van der Waals surface area contributed by atoms with Gasteiger partial charge in [0, 0.05) is 24.9 Å². The molecule has 134 valence electrons. The van der Waals surface area contributed by atoms with Crippen molar-refractivity contribution < 1.29 is 22.8 Å². The zero-order chi connectivity index (χ0) is 18.4. The first-order chi connectivity index (χ1) is 11.8. The van der Waals surface area contributed by atoms with Crippen molar-refractivity contribution in [1.29, 1.82) is 0 Å². The van der Waals surface area contributed by atoms with Gasteiger partial charge in [0.15, 0.2) is 0 Å². The number of ether oxygens (including phenoxy) is 1. The number of pyridine rings is 1. The Labute approximate surface area is 146 Å². The van der Waals surface area contributed by atoms with Crippen molar-refractivity contribution in [1.82, 2.24) is 14.8 Å². The van der Waals surface area contributed by atoms with Gasteiger partial charge in [-0.25, -0.2) is 23.2 Å². The van der Waals surface area contributed by atoms with Gasteiger partial charge < -0.3 is 4.74 Å². The number of hydrogen-bond donors (Lipinski definition) is 1. The van der Waals surface area contributed by atoms with Crippen LogP contribution in [-0.4, -0.2) is 45.6 Å². The van der Waals surface area contributed by atoms with Gasteiger partial charge in [0.25, 0.3) is 5.91 Å². The maximum atomic E-state index is 12.0. The zero-order valence-corrected chi connectivity index (χ0v) is 14.9. The second kappa shape index (κ2) is 8.06. The lowest BCUT2D eigenvalue weighted by Crippen LogP contribution is -2.25. The third-order valence-corrected chi connectivity index (χ3v) is 4.69. The fourth-order valence-electron chi connectivity index (χ4n) is 1.93. The Kier molecular flexibility index (Phi) is 6.07. The highest BCUT2D eigenvalue weighted by Crippen LogP contribution is 2.21. The highest BCUT2D eigenvalue weighted by Gasteiger charge is 2.13. The number of carbonyl (C=O) groups excluding carboxylic acids is 1. The molecule has 0 fully saturated rings. The molecular weight excluding hydrogens is 346 g/mol. The Hall–Kier alpha value is -2.49. The fourth-order valence-corrected chi connectivity index (χ4v) is 2.70. The summed E-state index contributed by atoms with van der Waals surface area (Å²) >= 11 is 0. The molecule has 1 N–H and O–H groups in total. The molecule has 2 rings (SSSR count). The Morgan fingerprint density at radius 1 is 1.24 bits per heavy atom. The van der Waals surface area contributed by atoms with Gasteiger partial charge in [-0.05, 0) is 30.8 Å². The molecule has 9 heteroatoms. The first kappa shape index (κ1) is 18.8. The lowest BCUT2D eigenvalue weighted by molar-refractivity contribution is -0.0757. The SMILES string of the molecule is CNS(=O)(=O)Cc1ccc(Oc2cc(C(=O)N(C)OC)ccn2)cc1. The molecule has 1 amide bonds. The van der Waals surface area contributed by atoms with Gasteiger partial charge in [0.05, 0.1) is 12.9 Å². The van der Waals surface area contributed by atoms with Gasteiger partial charge in [-0.15, -0.1) is 0 Å². The molecule has 0 atom stereocenters. The summed E-state index contributed by atoms with van der Waals surface area (Å²) in [7, 11) is 0.938. The fraction of sp³-hybridized carbons (Fsp3) is 0.250. The molecule has 25 heavy (non-hydrogen) atoms. The minimum atomic E-state index is -3.33. The predicted octanol–water partition coefficient (Wildman–Crippen LogP) is 1.56. The number of nitrogens with zero attached hydrogens (tertiary/aromatic N) is 2. The Balaban J connectivity index is 2.11. The molecule has 0 aliphatic heterocycles. The van der Waals surface area contributed by atoms with Crippen LogP contribution in [0.2, 0.25) is 0 Å². The molecule has 8 nitrogen and oxygen atoms in total. The third kappa shape index (κ3) is 5.24. The van der Waals surface area contributed by atoms with Crippen molar-refractivity contribution in [2.75, 3.05) is 21.2 Å². The molecule has 0 saturated carbocycles. The Morgan fingerprint density at radius 3 is 2.52 bits per heavy atom.